The van der Waals surface area contributed by atoms with E-state index in [9.17, 15) is 9.59 Å². The number of ether oxygens (including phenoxy) is 2. The molecule has 1 saturated carbocycles. The third kappa shape index (κ3) is 3.23. The summed E-state index contributed by atoms with van der Waals surface area (Å²) in [4.78, 5) is 22.3. The molecule has 0 heterocycles. The molecule has 0 saturated heterocycles. The Morgan fingerprint density at radius 1 is 1.50 bits per heavy atom. The Kier molecular flexibility index (Phi) is 3.82. The molecule has 18 heavy (non-hydrogen) atoms. The summed E-state index contributed by atoms with van der Waals surface area (Å²) < 4.78 is 10.3. The molecule has 2 rings (SSSR count). The van der Waals surface area contributed by atoms with Crippen LogP contribution in [0.4, 0.5) is 0 Å². The molecule has 1 aliphatic rings. The fraction of sp³-hybridized carbons (Fsp3) is 0.385. The number of methoxy groups -OCH3 is 1. The minimum atomic E-state index is -0.162. The Morgan fingerprint density at radius 2 is 2.28 bits per heavy atom. The molecule has 0 unspecified atom stereocenters. The van der Waals surface area contributed by atoms with Gasteiger partial charge in [0.2, 0.25) is 0 Å². The van der Waals surface area contributed by atoms with Crippen LogP contribution in [-0.4, -0.2) is 32.0 Å². The number of nitrogens with one attached hydrogen (secondary N) is 1. The van der Waals surface area contributed by atoms with Crippen molar-refractivity contribution in [2.75, 3.05) is 13.7 Å². The monoisotopic (exact) mass is 249 g/mol. The van der Waals surface area contributed by atoms with Gasteiger partial charge in [-0.3, -0.25) is 9.59 Å². The van der Waals surface area contributed by atoms with Crippen LogP contribution in [0.2, 0.25) is 0 Å². The van der Waals surface area contributed by atoms with E-state index in [1.54, 1.807) is 18.2 Å². The summed E-state index contributed by atoms with van der Waals surface area (Å²) in [5, 5.41) is 2.81. The van der Waals surface area contributed by atoms with Gasteiger partial charge in [-0.05, 0) is 31.0 Å². The summed E-state index contributed by atoms with van der Waals surface area (Å²) in [7, 11) is 1.52. The summed E-state index contributed by atoms with van der Waals surface area (Å²) in [5.41, 5.74) is 0.369. The summed E-state index contributed by atoms with van der Waals surface area (Å²) in [5.74, 6) is 0.800. The van der Waals surface area contributed by atoms with Gasteiger partial charge >= 0.3 is 0 Å². The summed E-state index contributed by atoms with van der Waals surface area (Å²) in [6.45, 7) is -0.0797. The van der Waals surface area contributed by atoms with Crippen LogP contribution in [0.5, 0.6) is 11.5 Å². The molecule has 1 fully saturated rings. The normalized spacial score (nSPS) is 13.8. The maximum atomic E-state index is 11.4. The lowest BCUT2D eigenvalue weighted by Gasteiger charge is -2.09. The number of carbonyl (C=O) groups excluding carboxylic acids is 2. The van der Waals surface area contributed by atoms with Crippen LogP contribution in [-0.2, 0) is 4.79 Å². The van der Waals surface area contributed by atoms with E-state index in [1.807, 2.05) is 0 Å². The number of rotatable bonds is 6. The van der Waals surface area contributed by atoms with E-state index in [4.69, 9.17) is 9.47 Å². The Morgan fingerprint density at radius 3 is 2.89 bits per heavy atom. The number of amides is 1. The second kappa shape index (κ2) is 5.53. The molecule has 1 N–H and O–H groups in total. The standard InChI is InChI=1S/C13H15NO4/c1-17-11-4-5-12(9(6-11)7-15)18-8-13(16)14-10-2-3-10/h4-7,10H,2-3,8H2,1H3,(H,14,16). The molecular weight excluding hydrogens is 234 g/mol. The first-order chi connectivity index (χ1) is 8.72. The predicted octanol–water partition coefficient (Wildman–Crippen LogP) is 1.17. The zero-order chi connectivity index (χ0) is 13.0. The summed E-state index contributed by atoms with van der Waals surface area (Å²) >= 11 is 0. The Hall–Kier alpha value is -2.04. The van der Waals surface area contributed by atoms with Gasteiger partial charge in [0.1, 0.15) is 11.5 Å². The number of hydrogen-bond acceptors (Lipinski definition) is 4. The minimum Gasteiger partial charge on any atom is -0.497 e. The Bertz CT molecular complexity index is 454. The SMILES string of the molecule is COc1ccc(OCC(=O)NC2CC2)c(C=O)c1. The van der Waals surface area contributed by atoms with Crippen LogP contribution < -0.4 is 14.8 Å². The fourth-order valence-corrected chi connectivity index (χ4v) is 1.52. The lowest BCUT2D eigenvalue weighted by molar-refractivity contribution is -0.123. The zero-order valence-electron chi connectivity index (χ0n) is 10.1. The van der Waals surface area contributed by atoms with Gasteiger partial charge in [0.25, 0.3) is 5.91 Å². The molecule has 1 amide bonds. The predicted molar refractivity (Wildman–Crippen MR) is 65.0 cm³/mol. The van der Waals surface area contributed by atoms with Crippen molar-refractivity contribution in [1.29, 1.82) is 0 Å². The van der Waals surface area contributed by atoms with Gasteiger partial charge in [0, 0.05) is 6.04 Å². The fourth-order valence-electron chi connectivity index (χ4n) is 1.52. The number of carbonyl (C=O) groups is 2. The van der Waals surface area contributed by atoms with E-state index in [-0.39, 0.29) is 12.5 Å². The van der Waals surface area contributed by atoms with Crippen molar-refractivity contribution in [3.63, 3.8) is 0 Å². The largest absolute Gasteiger partial charge is 0.497 e. The van der Waals surface area contributed by atoms with Gasteiger partial charge in [0.15, 0.2) is 12.9 Å². The van der Waals surface area contributed by atoms with Crippen molar-refractivity contribution in [3.8, 4) is 11.5 Å². The third-order valence-electron chi connectivity index (χ3n) is 2.65. The van der Waals surface area contributed by atoms with Gasteiger partial charge in [-0.2, -0.15) is 0 Å². The maximum Gasteiger partial charge on any atom is 0.258 e. The second-order valence-corrected chi connectivity index (χ2v) is 4.15. The quantitative estimate of drug-likeness (QED) is 0.768. The first kappa shape index (κ1) is 12.4. The van der Waals surface area contributed by atoms with Crippen LogP contribution in [0.15, 0.2) is 18.2 Å². The average Bonchev–Trinajstić information content (AvgIpc) is 3.20. The number of hydrogen-bond donors (Lipinski definition) is 1. The molecule has 0 atom stereocenters. The van der Waals surface area contributed by atoms with Crippen molar-refractivity contribution in [1.82, 2.24) is 5.32 Å². The molecule has 1 aliphatic carbocycles. The molecule has 5 nitrogen and oxygen atoms in total. The molecular formula is C13H15NO4. The van der Waals surface area contributed by atoms with E-state index in [0.717, 1.165) is 12.8 Å². The molecule has 0 bridgehead atoms. The highest BCUT2D eigenvalue weighted by atomic mass is 16.5. The smallest absolute Gasteiger partial charge is 0.258 e. The highest BCUT2D eigenvalue weighted by molar-refractivity contribution is 5.81. The highest BCUT2D eigenvalue weighted by Gasteiger charge is 2.23. The van der Waals surface area contributed by atoms with Crippen molar-refractivity contribution < 1.29 is 19.1 Å². The molecule has 1 aromatic carbocycles. The highest BCUT2D eigenvalue weighted by Crippen LogP contribution is 2.23. The second-order valence-electron chi connectivity index (χ2n) is 4.15. The lowest BCUT2D eigenvalue weighted by Crippen LogP contribution is -2.30. The van der Waals surface area contributed by atoms with Gasteiger partial charge in [-0.25, -0.2) is 0 Å². The molecule has 0 radical (unpaired) electrons. The number of aldehydes is 1. The van der Waals surface area contributed by atoms with Gasteiger partial charge < -0.3 is 14.8 Å². The average molecular weight is 249 g/mol. The molecule has 5 heteroatoms. The summed E-state index contributed by atoms with van der Waals surface area (Å²) in [6, 6.07) is 5.18. The first-order valence-electron chi connectivity index (χ1n) is 5.78. The van der Waals surface area contributed by atoms with Crippen molar-refractivity contribution in [2.24, 2.45) is 0 Å². The van der Waals surface area contributed by atoms with Crippen molar-refractivity contribution in [3.05, 3.63) is 23.8 Å². The third-order valence-corrected chi connectivity index (χ3v) is 2.65. The van der Waals surface area contributed by atoms with Crippen LogP contribution in [0.25, 0.3) is 0 Å². The topological polar surface area (TPSA) is 64.6 Å². The Labute approximate surface area is 105 Å². The van der Waals surface area contributed by atoms with E-state index in [2.05, 4.69) is 5.32 Å². The Balaban J connectivity index is 1.94. The van der Waals surface area contributed by atoms with E-state index in [0.29, 0.717) is 29.4 Å². The zero-order valence-corrected chi connectivity index (χ0v) is 10.1. The van der Waals surface area contributed by atoms with Crippen LogP contribution in [0.1, 0.15) is 23.2 Å². The van der Waals surface area contributed by atoms with Gasteiger partial charge in [-0.1, -0.05) is 0 Å². The number of benzene rings is 1. The molecule has 0 aromatic heterocycles. The van der Waals surface area contributed by atoms with E-state index >= 15 is 0 Å². The van der Waals surface area contributed by atoms with Crippen molar-refractivity contribution in [2.45, 2.75) is 18.9 Å². The molecule has 96 valence electrons. The van der Waals surface area contributed by atoms with Gasteiger partial charge in [0.05, 0.1) is 12.7 Å². The minimum absolute atomic E-state index is 0.0797. The molecule has 1 aromatic rings. The van der Waals surface area contributed by atoms with Crippen LogP contribution >= 0.6 is 0 Å². The maximum absolute atomic E-state index is 11.4. The van der Waals surface area contributed by atoms with E-state index in [1.165, 1.54) is 7.11 Å². The van der Waals surface area contributed by atoms with Crippen LogP contribution in [0.3, 0.4) is 0 Å². The summed E-state index contributed by atoms with van der Waals surface area (Å²) in [6.07, 6.45) is 2.75. The molecule has 0 spiro atoms. The van der Waals surface area contributed by atoms with Crippen molar-refractivity contribution >= 4 is 12.2 Å². The van der Waals surface area contributed by atoms with Crippen LogP contribution in [0, 0.1) is 0 Å². The van der Waals surface area contributed by atoms with E-state index < -0.39 is 0 Å². The molecule has 0 aliphatic heterocycles. The van der Waals surface area contributed by atoms with Gasteiger partial charge in [-0.15, -0.1) is 0 Å². The first-order valence-corrected chi connectivity index (χ1v) is 5.78. The lowest BCUT2D eigenvalue weighted by atomic mass is 10.2.